The van der Waals surface area contributed by atoms with E-state index in [0.717, 1.165) is 0 Å². The first-order chi connectivity index (χ1) is 10.1. The van der Waals surface area contributed by atoms with E-state index in [1.54, 1.807) is 20.8 Å². The zero-order chi connectivity index (χ0) is 16.7. The summed E-state index contributed by atoms with van der Waals surface area (Å²) in [5.41, 5.74) is -0.806. The summed E-state index contributed by atoms with van der Waals surface area (Å²) >= 11 is 0. The topological polar surface area (TPSA) is 90.0 Å². The number of carbonyl (C=O) groups is 4. The molecule has 0 aromatic heterocycles. The summed E-state index contributed by atoms with van der Waals surface area (Å²) in [4.78, 5) is 49.5. The van der Waals surface area contributed by atoms with Crippen molar-refractivity contribution in [3.05, 3.63) is 0 Å². The van der Waals surface area contributed by atoms with Crippen LogP contribution < -0.4 is 5.32 Å². The molecule has 0 saturated carbocycles. The van der Waals surface area contributed by atoms with Gasteiger partial charge >= 0.3 is 0 Å². The molecule has 0 spiro atoms. The van der Waals surface area contributed by atoms with E-state index >= 15 is 0 Å². The van der Waals surface area contributed by atoms with Gasteiger partial charge in [0.15, 0.2) is 0 Å². The molecular formula is C14H22N4O4. The second kappa shape index (κ2) is 5.58. The van der Waals surface area contributed by atoms with Gasteiger partial charge in [0.05, 0.1) is 0 Å². The molecule has 1 unspecified atom stereocenters. The van der Waals surface area contributed by atoms with Crippen molar-refractivity contribution in [1.82, 2.24) is 20.2 Å². The third-order valence-electron chi connectivity index (χ3n) is 4.04. The number of hydrazine groups is 1. The van der Waals surface area contributed by atoms with E-state index in [1.807, 2.05) is 0 Å². The third-order valence-corrected chi connectivity index (χ3v) is 4.04. The lowest BCUT2D eigenvalue weighted by molar-refractivity contribution is -0.169. The van der Waals surface area contributed by atoms with Gasteiger partial charge in [0.25, 0.3) is 0 Å². The number of nitrogens with one attached hydrogen (secondary N) is 1. The van der Waals surface area contributed by atoms with Crippen LogP contribution in [0.1, 0.15) is 40.5 Å². The highest BCUT2D eigenvalue weighted by Gasteiger charge is 2.44. The number of amides is 4. The van der Waals surface area contributed by atoms with Gasteiger partial charge in [-0.15, -0.1) is 0 Å². The summed E-state index contributed by atoms with van der Waals surface area (Å²) in [5.74, 6) is -1.13. The van der Waals surface area contributed by atoms with Crippen LogP contribution in [0.25, 0.3) is 0 Å². The van der Waals surface area contributed by atoms with Crippen molar-refractivity contribution in [2.45, 2.75) is 52.2 Å². The average Bonchev–Trinajstić information content (AvgIpc) is 2.91. The molecule has 2 heterocycles. The normalized spacial score (nSPS) is 21.8. The van der Waals surface area contributed by atoms with Crippen molar-refractivity contribution in [3.63, 3.8) is 0 Å². The zero-order valence-electron chi connectivity index (χ0n) is 13.4. The van der Waals surface area contributed by atoms with Crippen molar-refractivity contribution < 1.29 is 19.2 Å². The Morgan fingerprint density at radius 3 is 2.36 bits per heavy atom. The first-order valence-electron chi connectivity index (χ1n) is 7.37. The summed E-state index contributed by atoms with van der Waals surface area (Å²) in [6.07, 6.45) is 1.04. The standard InChI is InChI=1S/C14H22N4O4/c1-9(13(22)16-8-11(20)15-14(16,3)4)18(10(2)19)17-7-5-6-12(17)21/h9H,5-8H2,1-4H3,(H,15,20). The molecule has 2 saturated heterocycles. The lowest BCUT2D eigenvalue weighted by Crippen LogP contribution is -2.59. The molecule has 1 N–H and O–H groups in total. The molecule has 2 fully saturated rings. The lowest BCUT2D eigenvalue weighted by atomic mass is 10.2. The number of hydrogen-bond donors (Lipinski definition) is 1. The van der Waals surface area contributed by atoms with Crippen LogP contribution in [0.4, 0.5) is 0 Å². The first-order valence-corrected chi connectivity index (χ1v) is 7.37. The van der Waals surface area contributed by atoms with Gasteiger partial charge in [-0.1, -0.05) is 0 Å². The second-order valence-electron chi connectivity index (χ2n) is 6.19. The molecule has 0 bridgehead atoms. The molecular weight excluding hydrogens is 288 g/mol. The maximum absolute atomic E-state index is 12.7. The van der Waals surface area contributed by atoms with Gasteiger partial charge < -0.3 is 10.2 Å². The fourth-order valence-electron chi connectivity index (χ4n) is 2.99. The molecule has 0 aromatic rings. The van der Waals surface area contributed by atoms with Crippen LogP contribution in [-0.4, -0.2) is 63.3 Å². The van der Waals surface area contributed by atoms with Crippen LogP contribution in [0.2, 0.25) is 0 Å². The fourth-order valence-corrected chi connectivity index (χ4v) is 2.99. The van der Waals surface area contributed by atoms with E-state index in [2.05, 4.69) is 5.32 Å². The number of carbonyl (C=O) groups excluding carboxylic acids is 4. The Morgan fingerprint density at radius 1 is 1.32 bits per heavy atom. The molecule has 8 nitrogen and oxygen atoms in total. The molecule has 0 radical (unpaired) electrons. The van der Waals surface area contributed by atoms with Crippen LogP contribution in [0.15, 0.2) is 0 Å². The first kappa shape index (κ1) is 16.3. The van der Waals surface area contributed by atoms with Gasteiger partial charge in [0, 0.05) is 19.9 Å². The Hall–Kier alpha value is -2.12. The summed E-state index contributed by atoms with van der Waals surface area (Å²) < 4.78 is 0. The summed E-state index contributed by atoms with van der Waals surface area (Å²) in [7, 11) is 0. The summed E-state index contributed by atoms with van der Waals surface area (Å²) in [5, 5.41) is 5.25. The molecule has 22 heavy (non-hydrogen) atoms. The number of nitrogens with zero attached hydrogens (tertiary/aromatic N) is 3. The van der Waals surface area contributed by atoms with Crippen molar-refractivity contribution in [1.29, 1.82) is 0 Å². The van der Waals surface area contributed by atoms with Crippen molar-refractivity contribution in [3.8, 4) is 0 Å². The highest BCUT2D eigenvalue weighted by molar-refractivity contribution is 5.93. The van der Waals surface area contributed by atoms with Crippen LogP contribution in [0.3, 0.4) is 0 Å². The molecule has 2 aliphatic heterocycles. The minimum atomic E-state index is -0.841. The third kappa shape index (κ3) is 2.77. The highest BCUT2D eigenvalue weighted by Crippen LogP contribution is 2.22. The Morgan fingerprint density at radius 2 is 1.95 bits per heavy atom. The monoisotopic (exact) mass is 310 g/mol. The summed E-state index contributed by atoms with van der Waals surface area (Å²) in [6.45, 7) is 6.73. The van der Waals surface area contributed by atoms with Crippen LogP contribution in [0, 0.1) is 0 Å². The Bertz CT molecular complexity index is 531. The smallest absolute Gasteiger partial charge is 0.249 e. The van der Waals surface area contributed by atoms with E-state index in [-0.39, 0.29) is 30.2 Å². The van der Waals surface area contributed by atoms with Gasteiger partial charge in [-0.25, -0.2) is 5.01 Å². The van der Waals surface area contributed by atoms with E-state index in [1.165, 1.54) is 21.8 Å². The molecule has 122 valence electrons. The van der Waals surface area contributed by atoms with Gasteiger partial charge in [-0.2, -0.15) is 0 Å². The van der Waals surface area contributed by atoms with Gasteiger partial charge in [0.1, 0.15) is 18.2 Å². The van der Waals surface area contributed by atoms with Crippen LogP contribution in [0.5, 0.6) is 0 Å². The Kier molecular flexibility index (Phi) is 4.12. The van der Waals surface area contributed by atoms with Crippen molar-refractivity contribution in [2.75, 3.05) is 13.1 Å². The zero-order valence-corrected chi connectivity index (χ0v) is 13.4. The van der Waals surface area contributed by atoms with Crippen molar-refractivity contribution in [2.24, 2.45) is 0 Å². The van der Waals surface area contributed by atoms with Gasteiger partial charge in [-0.05, 0) is 27.2 Å². The van der Waals surface area contributed by atoms with Crippen LogP contribution >= 0.6 is 0 Å². The van der Waals surface area contributed by atoms with Gasteiger partial charge in [0.2, 0.25) is 23.6 Å². The predicted molar refractivity (Wildman–Crippen MR) is 76.9 cm³/mol. The highest BCUT2D eigenvalue weighted by atomic mass is 16.2. The molecule has 0 aromatic carbocycles. The molecule has 2 aliphatic rings. The van der Waals surface area contributed by atoms with E-state index in [9.17, 15) is 19.2 Å². The SMILES string of the molecule is CC(=O)N(C(C)C(=O)N1CC(=O)NC1(C)C)N1CCCC1=O. The summed E-state index contributed by atoms with van der Waals surface area (Å²) in [6, 6.07) is -0.841. The average molecular weight is 310 g/mol. The number of rotatable bonds is 3. The molecule has 8 heteroatoms. The minimum Gasteiger partial charge on any atom is -0.332 e. The largest absolute Gasteiger partial charge is 0.332 e. The Balaban J connectivity index is 2.22. The van der Waals surface area contributed by atoms with E-state index < -0.39 is 11.7 Å². The lowest BCUT2D eigenvalue weighted by Gasteiger charge is -2.39. The predicted octanol–water partition coefficient (Wildman–Crippen LogP) is -0.545. The minimum absolute atomic E-state index is 0.0458. The molecule has 4 amide bonds. The maximum Gasteiger partial charge on any atom is 0.249 e. The maximum atomic E-state index is 12.7. The van der Waals surface area contributed by atoms with E-state index in [0.29, 0.717) is 19.4 Å². The quantitative estimate of drug-likeness (QED) is 0.758. The molecule has 0 aliphatic carbocycles. The van der Waals surface area contributed by atoms with Crippen LogP contribution in [-0.2, 0) is 19.2 Å². The Labute approximate surface area is 129 Å². The van der Waals surface area contributed by atoms with Gasteiger partial charge in [-0.3, -0.25) is 24.2 Å². The van der Waals surface area contributed by atoms with Crippen molar-refractivity contribution >= 4 is 23.6 Å². The number of hydrogen-bond acceptors (Lipinski definition) is 4. The molecule has 2 rings (SSSR count). The fraction of sp³-hybridized carbons (Fsp3) is 0.714. The molecule has 1 atom stereocenters. The van der Waals surface area contributed by atoms with E-state index in [4.69, 9.17) is 0 Å². The second-order valence-corrected chi connectivity index (χ2v) is 6.19.